The van der Waals surface area contributed by atoms with Gasteiger partial charge in [0.2, 0.25) is 0 Å². The number of hydrogen-bond donors (Lipinski definition) is 1. The molecule has 2 aromatic rings. The van der Waals surface area contributed by atoms with E-state index in [1.807, 2.05) is 0 Å². The Morgan fingerprint density at radius 2 is 1.72 bits per heavy atom. The summed E-state index contributed by atoms with van der Waals surface area (Å²) >= 11 is 11.0. The molecule has 2 rings (SSSR count). The van der Waals surface area contributed by atoms with Gasteiger partial charge < -0.3 is 0 Å². The first-order valence-electron chi connectivity index (χ1n) is 4.35. The Labute approximate surface area is 110 Å². The first kappa shape index (κ1) is 13.1. The minimum Gasteiger partial charge on any atom is -0.282 e. The molecule has 0 unspecified atom stereocenters. The van der Waals surface area contributed by atoms with Crippen LogP contribution >= 0.6 is 23.6 Å². The van der Waals surface area contributed by atoms with Gasteiger partial charge in [-0.05, 0) is 18.2 Å². The van der Waals surface area contributed by atoms with Crippen LogP contribution in [0.25, 0.3) is 10.9 Å². The normalized spacial score (nSPS) is 11.9. The predicted molar refractivity (Wildman–Crippen MR) is 64.8 cm³/mol. The Kier molecular flexibility index (Phi) is 2.98. The van der Waals surface area contributed by atoms with Crippen LogP contribution in [-0.2, 0) is 10.1 Å². The quantitative estimate of drug-likeness (QED) is 0.769. The number of nitrogens with zero attached hydrogens (tertiary/aromatic N) is 2. The smallest absolute Gasteiger partial charge is 0.282 e. The van der Waals surface area contributed by atoms with Gasteiger partial charge in [-0.15, -0.1) is 0 Å². The lowest BCUT2D eigenvalue weighted by Gasteiger charge is -2.04. The highest BCUT2D eigenvalue weighted by molar-refractivity contribution is 7.85. The van der Waals surface area contributed by atoms with Crippen molar-refractivity contribution in [1.82, 2.24) is 8.17 Å². The summed E-state index contributed by atoms with van der Waals surface area (Å²) in [5, 5.41) is -0.213. The first-order valence-corrected chi connectivity index (χ1v) is 6.46. The fraction of sp³-hybridized carbons (Fsp3) is 0. The van der Waals surface area contributed by atoms with Crippen molar-refractivity contribution in [3.05, 3.63) is 39.0 Å². The average molecular weight is 311 g/mol. The molecule has 0 radical (unpaired) electrons. The highest BCUT2D eigenvalue weighted by Crippen LogP contribution is 2.16. The van der Waals surface area contributed by atoms with Gasteiger partial charge in [-0.25, -0.2) is 8.88 Å². The molecule has 0 saturated carbocycles. The molecule has 0 saturated heterocycles. The minimum absolute atomic E-state index is 0.0176. The highest BCUT2D eigenvalue weighted by Gasteiger charge is 2.15. The van der Waals surface area contributed by atoms with Crippen LogP contribution in [0.15, 0.2) is 32.7 Å². The first-order chi connectivity index (χ1) is 8.23. The number of halogens is 2. The average Bonchev–Trinajstić information content (AvgIpc) is 2.32. The van der Waals surface area contributed by atoms with E-state index in [0.29, 0.717) is 4.09 Å². The Bertz CT molecular complexity index is 867. The molecule has 10 heteroatoms. The van der Waals surface area contributed by atoms with Gasteiger partial charge in [0.15, 0.2) is 0 Å². The zero-order chi connectivity index (χ0) is 13.7. The van der Waals surface area contributed by atoms with Gasteiger partial charge in [0.05, 0.1) is 15.8 Å². The minimum atomic E-state index is -4.47. The maximum atomic E-state index is 11.7. The molecule has 96 valence electrons. The molecule has 0 aliphatic heterocycles. The van der Waals surface area contributed by atoms with E-state index in [-0.39, 0.29) is 15.0 Å². The second-order valence-electron chi connectivity index (χ2n) is 3.30. The molecule has 7 nitrogen and oxygen atoms in total. The van der Waals surface area contributed by atoms with Crippen LogP contribution < -0.4 is 11.2 Å². The molecule has 0 amide bonds. The van der Waals surface area contributed by atoms with E-state index in [9.17, 15) is 18.0 Å². The van der Waals surface area contributed by atoms with E-state index >= 15 is 0 Å². The fourth-order valence-corrected chi connectivity index (χ4v) is 2.33. The Morgan fingerprint density at radius 1 is 1.11 bits per heavy atom. The molecule has 0 atom stereocenters. The molecule has 0 spiro atoms. The SMILES string of the molecule is O=c1c2cc(S(=O)(=O)O)ccc2n(Cl)c(=O)n1Cl. The predicted octanol–water partition coefficient (Wildman–Crippen LogP) is 0.414. The number of benzene rings is 1. The van der Waals surface area contributed by atoms with Gasteiger partial charge in [-0.1, -0.05) is 0 Å². The van der Waals surface area contributed by atoms with Crippen LogP contribution in [-0.4, -0.2) is 21.1 Å². The molecular weight excluding hydrogens is 307 g/mol. The molecule has 0 fully saturated rings. The number of aromatic nitrogens is 2. The third-order valence-electron chi connectivity index (χ3n) is 2.22. The Balaban J connectivity index is 3.05. The topological polar surface area (TPSA) is 98.4 Å². The van der Waals surface area contributed by atoms with Crippen LogP contribution in [0.1, 0.15) is 0 Å². The van der Waals surface area contributed by atoms with Crippen LogP contribution in [0.5, 0.6) is 0 Å². The van der Waals surface area contributed by atoms with Gasteiger partial charge in [-0.3, -0.25) is 9.35 Å². The zero-order valence-electron chi connectivity index (χ0n) is 8.37. The third kappa shape index (κ3) is 1.93. The lowest BCUT2D eigenvalue weighted by Crippen LogP contribution is -2.32. The number of fused-ring (bicyclic) bond motifs is 1. The van der Waals surface area contributed by atoms with E-state index in [2.05, 4.69) is 0 Å². The summed E-state index contributed by atoms with van der Waals surface area (Å²) in [6.45, 7) is 0. The van der Waals surface area contributed by atoms with Crippen LogP contribution in [0.2, 0.25) is 0 Å². The van der Waals surface area contributed by atoms with E-state index in [4.69, 9.17) is 28.1 Å². The molecule has 0 aliphatic rings. The van der Waals surface area contributed by atoms with Crippen molar-refractivity contribution < 1.29 is 13.0 Å². The van der Waals surface area contributed by atoms with Gasteiger partial charge in [-0.2, -0.15) is 12.5 Å². The second kappa shape index (κ2) is 4.09. The van der Waals surface area contributed by atoms with Crippen molar-refractivity contribution >= 4 is 44.6 Å². The molecule has 18 heavy (non-hydrogen) atoms. The fourth-order valence-electron chi connectivity index (χ4n) is 1.39. The van der Waals surface area contributed by atoms with E-state index in [1.165, 1.54) is 0 Å². The molecule has 1 heterocycles. The zero-order valence-corrected chi connectivity index (χ0v) is 10.7. The highest BCUT2D eigenvalue weighted by atomic mass is 35.5. The third-order valence-corrected chi connectivity index (χ3v) is 3.70. The second-order valence-corrected chi connectivity index (χ2v) is 5.40. The summed E-state index contributed by atoms with van der Waals surface area (Å²) in [4.78, 5) is 22.5. The van der Waals surface area contributed by atoms with Crippen molar-refractivity contribution in [1.29, 1.82) is 0 Å². The maximum Gasteiger partial charge on any atom is 0.361 e. The van der Waals surface area contributed by atoms with Crippen LogP contribution in [0.4, 0.5) is 0 Å². The van der Waals surface area contributed by atoms with Gasteiger partial charge >= 0.3 is 5.69 Å². The van der Waals surface area contributed by atoms with E-state index in [1.54, 1.807) is 0 Å². The maximum absolute atomic E-state index is 11.7. The summed E-state index contributed by atoms with van der Waals surface area (Å²) in [7, 11) is -4.47. The van der Waals surface area contributed by atoms with Crippen molar-refractivity contribution in [3.8, 4) is 0 Å². The van der Waals surface area contributed by atoms with Crippen molar-refractivity contribution in [2.75, 3.05) is 0 Å². The summed E-state index contributed by atoms with van der Waals surface area (Å²) in [6, 6.07) is 3.00. The van der Waals surface area contributed by atoms with E-state index < -0.39 is 26.3 Å². The molecule has 1 aromatic heterocycles. The van der Waals surface area contributed by atoms with Gasteiger partial charge in [0, 0.05) is 23.6 Å². The van der Waals surface area contributed by atoms with Crippen molar-refractivity contribution in [2.24, 2.45) is 0 Å². The van der Waals surface area contributed by atoms with Crippen molar-refractivity contribution in [3.63, 3.8) is 0 Å². The van der Waals surface area contributed by atoms with Gasteiger partial charge in [0.1, 0.15) is 0 Å². The standard InChI is InChI=1S/C8H4Cl2N2O5S/c9-11-6-2-1-4(18(15,16)17)3-5(6)7(13)12(10)8(11)14/h1-3H,(H,15,16,17). The summed E-state index contributed by atoms with van der Waals surface area (Å²) in [6.07, 6.45) is 0. The monoisotopic (exact) mass is 310 g/mol. The molecular formula is C8H4Cl2N2O5S. The van der Waals surface area contributed by atoms with E-state index in [0.717, 1.165) is 18.2 Å². The summed E-state index contributed by atoms with van der Waals surface area (Å²) in [5.74, 6) is 0. The number of rotatable bonds is 1. The van der Waals surface area contributed by atoms with Crippen molar-refractivity contribution in [2.45, 2.75) is 4.90 Å². The molecule has 1 aromatic carbocycles. The Hall–Kier alpha value is -1.35. The largest absolute Gasteiger partial charge is 0.361 e. The van der Waals surface area contributed by atoms with Crippen LogP contribution in [0, 0.1) is 0 Å². The molecule has 0 bridgehead atoms. The Morgan fingerprint density at radius 3 is 2.28 bits per heavy atom. The summed E-state index contributed by atoms with van der Waals surface area (Å²) < 4.78 is 31.5. The lowest BCUT2D eigenvalue weighted by molar-refractivity contribution is 0.483. The molecule has 0 aliphatic carbocycles. The van der Waals surface area contributed by atoms with Gasteiger partial charge in [0.25, 0.3) is 15.7 Å². The lowest BCUT2D eigenvalue weighted by atomic mass is 10.2. The number of hydrogen-bond acceptors (Lipinski definition) is 4. The van der Waals surface area contributed by atoms with Crippen LogP contribution in [0.3, 0.4) is 0 Å². The molecule has 1 N–H and O–H groups in total. The summed E-state index contributed by atoms with van der Waals surface area (Å²) in [5.41, 5.74) is -1.93.